The maximum absolute atomic E-state index is 12.9. The van der Waals surface area contributed by atoms with E-state index in [1.54, 1.807) is 47.3 Å². The summed E-state index contributed by atoms with van der Waals surface area (Å²) in [6.45, 7) is 0.418. The molecule has 162 valence electrons. The predicted molar refractivity (Wildman–Crippen MR) is 116 cm³/mol. The largest absolute Gasteiger partial charge is 0.497 e. The Morgan fingerprint density at radius 2 is 1.57 bits per heavy atom. The molecule has 1 aliphatic rings. The molecule has 1 unspecified atom stereocenters. The number of hydrogen-bond donors (Lipinski definition) is 0. The summed E-state index contributed by atoms with van der Waals surface area (Å²) >= 11 is 1.70. The van der Waals surface area contributed by atoms with Crippen molar-refractivity contribution < 1.29 is 28.5 Å². The molecule has 1 aliphatic heterocycles. The molecule has 8 heteroatoms. The Morgan fingerprint density at radius 3 is 2.13 bits per heavy atom. The first-order chi connectivity index (χ1) is 14.6. The number of benzene rings is 2. The number of ether oxygens (including phenoxy) is 5. The molecule has 0 aliphatic carbocycles. The van der Waals surface area contributed by atoms with E-state index < -0.39 is 0 Å². The van der Waals surface area contributed by atoms with Crippen molar-refractivity contribution in [1.82, 2.24) is 4.90 Å². The Balaban J connectivity index is 2.01. The highest BCUT2D eigenvalue weighted by molar-refractivity contribution is 7.99. The van der Waals surface area contributed by atoms with E-state index in [2.05, 4.69) is 0 Å². The Hall–Kier alpha value is -2.74. The van der Waals surface area contributed by atoms with Gasteiger partial charge in [0, 0.05) is 30.3 Å². The average molecular weight is 434 g/mol. The van der Waals surface area contributed by atoms with Crippen LogP contribution in [0.25, 0.3) is 0 Å². The first kappa shape index (κ1) is 22.0. The fraction of sp³-hybridized carbons (Fsp3) is 0.409. The topological polar surface area (TPSA) is 66.5 Å². The van der Waals surface area contributed by atoms with Gasteiger partial charge in [-0.15, -0.1) is 11.8 Å². The molecule has 1 atom stereocenters. The number of hydrogen-bond acceptors (Lipinski definition) is 7. The van der Waals surface area contributed by atoms with Crippen molar-refractivity contribution in [2.24, 2.45) is 0 Å². The second-order valence-corrected chi connectivity index (χ2v) is 7.83. The second kappa shape index (κ2) is 9.84. The van der Waals surface area contributed by atoms with E-state index in [1.165, 1.54) is 0 Å². The monoisotopic (exact) mass is 433 g/mol. The maximum Gasteiger partial charge on any atom is 0.224 e. The van der Waals surface area contributed by atoms with Crippen LogP contribution < -0.4 is 23.7 Å². The van der Waals surface area contributed by atoms with Crippen molar-refractivity contribution in [3.8, 4) is 28.7 Å². The third-order valence-electron chi connectivity index (χ3n) is 4.96. The van der Waals surface area contributed by atoms with E-state index in [0.29, 0.717) is 41.7 Å². The van der Waals surface area contributed by atoms with Crippen molar-refractivity contribution in [3.05, 3.63) is 41.5 Å². The van der Waals surface area contributed by atoms with Crippen molar-refractivity contribution >= 4 is 17.7 Å². The van der Waals surface area contributed by atoms with E-state index in [0.717, 1.165) is 16.9 Å². The zero-order chi connectivity index (χ0) is 21.7. The molecular formula is C22H27NO6S. The van der Waals surface area contributed by atoms with Crippen LogP contribution in [0.15, 0.2) is 30.3 Å². The summed E-state index contributed by atoms with van der Waals surface area (Å²) < 4.78 is 27.4. The molecule has 1 amide bonds. The van der Waals surface area contributed by atoms with Gasteiger partial charge in [0.25, 0.3) is 0 Å². The molecule has 0 bridgehead atoms. The first-order valence-corrected chi connectivity index (χ1v) is 10.5. The molecule has 2 aromatic rings. The first-order valence-electron chi connectivity index (χ1n) is 9.48. The van der Waals surface area contributed by atoms with Gasteiger partial charge in [0.15, 0.2) is 11.5 Å². The molecule has 3 rings (SSSR count). The smallest absolute Gasteiger partial charge is 0.224 e. The third kappa shape index (κ3) is 4.38. The molecule has 1 heterocycles. The number of thioether (sulfide) groups is 1. The molecule has 7 nitrogen and oxygen atoms in total. The number of methoxy groups -OCH3 is 5. The molecule has 2 aromatic carbocycles. The van der Waals surface area contributed by atoms with Gasteiger partial charge in [0.05, 0.1) is 35.5 Å². The van der Waals surface area contributed by atoms with E-state index >= 15 is 0 Å². The maximum atomic E-state index is 12.9. The Kier molecular flexibility index (Phi) is 7.20. The highest BCUT2D eigenvalue weighted by Gasteiger charge is 2.33. The predicted octanol–water partition coefficient (Wildman–Crippen LogP) is 3.89. The molecule has 0 aromatic heterocycles. The zero-order valence-corrected chi connectivity index (χ0v) is 18.7. The van der Waals surface area contributed by atoms with E-state index in [9.17, 15) is 4.79 Å². The Bertz CT molecular complexity index is 881. The van der Waals surface area contributed by atoms with Gasteiger partial charge >= 0.3 is 0 Å². The van der Waals surface area contributed by atoms with Gasteiger partial charge in [-0.1, -0.05) is 0 Å². The lowest BCUT2D eigenvalue weighted by Crippen LogP contribution is -2.37. The molecule has 1 fully saturated rings. The van der Waals surface area contributed by atoms with Gasteiger partial charge in [0.1, 0.15) is 16.9 Å². The minimum absolute atomic E-state index is 0.0809. The van der Waals surface area contributed by atoms with Gasteiger partial charge in [-0.2, -0.15) is 0 Å². The summed E-state index contributed by atoms with van der Waals surface area (Å²) in [5, 5.41) is -0.224. The molecule has 0 spiro atoms. The van der Waals surface area contributed by atoms with Gasteiger partial charge in [-0.05, 0) is 29.8 Å². The fourth-order valence-electron chi connectivity index (χ4n) is 3.52. The minimum atomic E-state index is -0.224. The number of nitrogens with zero attached hydrogens (tertiary/aromatic N) is 1. The van der Waals surface area contributed by atoms with Crippen LogP contribution in [0, 0.1) is 0 Å². The Morgan fingerprint density at radius 1 is 0.900 bits per heavy atom. The van der Waals surface area contributed by atoms with Crippen LogP contribution >= 0.6 is 11.8 Å². The summed E-state index contributed by atoms with van der Waals surface area (Å²) in [7, 11) is 7.96. The summed E-state index contributed by atoms with van der Waals surface area (Å²) in [4.78, 5) is 14.8. The molecule has 30 heavy (non-hydrogen) atoms. The third-order valence-corrected chi connectivity index (χ3v) is 6.22. The number of amides is 1. The quantitative estimate of drug-likeness (QED) is 0.626. The zero-order valence-electron chi connectivity index (χ0n) is 17.9. The van der Waals surface area contributed by atoms with Crippen molar-refractivity contribution in [2.75, 3.05) is 41.3 Å². The lowest BCUT2D eigenvalue weighted by Gasteiger charge is -2.36. The summed E-state index contributed by atoms with van der Waals surface area (Å²) in [6, 6.07) is 9.40. The number of rotatable bonds is 8. The second-order valence-electron chi connectivity index (χ2n) is 6.64. The lowest BCUT2D eigenvalue weighted by atomic mass is 10.1. The number of carbonyl (C=O) groups excluding carboxylic acids is 1. The van der Waals surface area contributed by atoms with E-state index in [4.69, 9.17) is 23.7 Å². The highest BCUT2D eigenvalue weighted by atomic mass is 32.2. The molecule has 0 radical (unpaired) electrons. The minimum Gasteiger partial charge on any atom is -0.497 e. The summed E-state index contributed by atoms with van der Waals surface area (Å²) in [6.07, 6.45) is 0.484. The fourth-order valence-corrected chi connectivity index (χ4v) is 4.78. The lowest BCUT2D eigenvalue weighted by molar-refractivity contribution is -0.132. The normalized spacial score (nSPS) is 16.2. The molecule has 0 N–H and O–H groups in total. The van der Waals surface area contributed by atoms with Crippen LogP contribution in [0.2, 0.25) is 0 Å². The molecular weight excluding hydrogens is 406 g/mol. The van der Waals surface area contributed by atoms with Gasteiger partial charge in [-0.3, -0.25) is 4.79 Å². The van der Waals surface area contributed by atoms with Crippen LogP contribution in [0.5, 0.6) is 28.7 Å². The standard InChI is InChI=1S/C22H27NO6S/c1-25-15-10-14(11-16(12-15)26-2)13-23-19(24)8-9-30-22(23)17-6-7-18(27-3)21(29-5)20(17)28-4/h6-7,10-12,22H,8-9,13H2,1-5H3. The summed E-state index contributed by atoms with van der Waals surface area (Å²) in [5.41, 5.74) is 1.79. The average Bonchev–Trinajstić information content (AvgIpc) is 2.78. The van der Waals surface area contributed by atoms with Crippen molar-refractivity contribution in [1.29, 1.82) is 0 Å². The van der Waals surface area contributed by atoms with Crippen LogP contribution in [-0.4, -0.2) is 52.1 Å². The summed E-state index contributed by atoms with van der Waals surface area (Å²) in [5.74, 6) is 3.84. The van der Waals surface area contributed by atoms with Crippen LogP contribution in [0.3, 0.4) is 0 Å². The van der Waals surface area contributed by atoms with Crippen molar-refractivity contribution in [3.63, 3.8) is 0 Å². The van der Waals surface area contributed by atoms with Crippen LogP contribution in [0.4, 0.5) is 0 Å². The molecule has 1 saturated heterocycles. The van der Waals surface area contributed by atoms with E-state index in [1.807, 2.05) is 35.2 Å². The number of carbonyl (C=O) groups is 1. The van der Waals surface area contributed by atoms with Gasteiger partial charge in [-0.25, -0.2) is 0 Å². The van der Waals surface area contributed by atoms with Gasteiger partial charge < -0.3 is 28.6 Å². The SMILES string of the molecule is COc1cc(CN2C(=O)CCSC2c2ccc(OC)c(OC)c2OC)cc(OC)c1. The van der Waals surface area contributed by atoms with Crippen molar-refractivity contribution in [2.45, 2.75) is 18.3 Å². The van der Waals surface area contributed by atoms with Crippen LogP contribution in [0.1, 0.15) is 22.9 Å². The van der Waals surface area contributed by atoms with Gasteiger partial charge in [0.2, 0.25) is 11.7 Å². The molecule has 0 saturated carbocycles. The van der Waals surface area contributed by atoms with Crippen LogP contribution in [-0.2, 0) is 11.3 Å². The Labute approximate surface area is 181 Å². The highest BCUT2D eigenvalue weighted by Crippen LogP contribution is 2.48. The van der Waals surface area contributed by atoms with E-state index in [-0.39, 0.29) is 11.3 Å².